The van der Waals surface area contributed by atoms with Gasteiger partial charge in [0.25, 0.3) is 0 Å². The Morgan fingerprint density at radius 2 is 1.73 bits per heavy atom. The molecular weight excluding hydrogens is 170 g/mol. The van der Waals surface area contributed by atoms with Gasteiger partial charge in [-0.15, -0.1) is 0 Å². The van der Waals surface area contributed by atoms with Gasteiger partial charge in [-0.2, -0.15) is 8.78 Å². The standard InChI is InChI=1S/C6H12F2O2Si/c1-6(7,8)5(9)10-11(2,3)4/h1-4H3. The van der Waals surface area contributed by atoms with Crippen molar-refractivity contribution in [2.75, 3.05) is 0 Å². The van der Waals surface area contributed by atoms with Crippen molar-refractivity contribution < 1.29 is 18.0 Å². The third-order valence-corrected chi connectivity index (χ3v) is 1.56. The van der Waals surface area contributed by atoms with Crippen molar-refractivity contribution in [1.82, 2.24) is 0 Å². The molecule has 0 bridgehead atoms. The van der Waals surface area contributed by atoms with Gasteiger partial charge < -0.3 is 4.43 Å². The molecule has 0 aliphatic carbocycles. The molecule has 0 aliphatic heterocycles. The Bertz CT molecular complexity index is 157. The van der Waals surface area contributed by atoms with Gasteiger partial charge in [0, 0.05) is 6.92 Å². The largest absolute Gasteiger partial charge is 0.516 e. The van der Waals surface area contributed by atoms with Gasteiger partial charge in [0.15, 0.2) is 0 Å². The predicted molar refractivity (Wildman–Crippen MR) is 40.1 cm³/mol. The Hall–Kier alpha value is -0.453. The summed E-state index contributed by atoms with van der Waals surface area (Å²) < 4.78 is 28.9. The predicted octanol–water partition coefficient (Wildman–Crippen LogP) is 2.02. The molecule has 0 amide bonds. The molecule has 5 heteroatoms. The molecule has 0 heterocycles. The number of rotatable bonds is 2. The summed E-state index contributed by atoms with van der Waals surface area (Å²) in [6, 6.07) is 0. The summed E-state index contributed by atoms with van der Waals surface area (Å²) in [6.45, 7) is 5.57. The number of alkyl halides is 2. The monoisotopic (exact) mass is 182 g/mol. The highest BCUT2D eigenvalue weighted by atomic mass is 28.4. The van der Waals surface area contributed by atoms with Crippen LogP contribution in [-0.2, 0) is 9.22 Å². The number of hydrogen-bond acceptors (Lipinski definition) is 2. The van der Waals surface area contributed by atoms with E-state index in [9.17, 15) is 13.6 Å². The van der Waals surface area contributed by atoms with E-state index in [2.05, 4.69) is 4.43 Å². The summed E-state index contributed by atoms with van der Waals surface area (Å²) in [5.74, 6) is -4.78. The van der Waals surface area contributed by atoms with Crippen LogP contribution in [0.5, 0.6) is 0 Å². The minimum absolute atomic E-state index is 0.537. The highest BCUT2D eigenvalue weighted by Gasteiger charge is 2.37. The SMILES string of the molecule is CC(F)(F)C(=O)O[Si](C)(C)C. The van der Waals surface area contributed by atoms with Crippen LogP contribution in [0.15, 0.2) is 0 Å². The highest BCUT2D eigenvalue weighted by molar-refractivity contribution is 6.71. The van der Waals surface area contributed by atoms with Gasteiger partial charge in [-0.05, 0) is 19.6 Å². The summed E-state index contributed by atoms with van der Waals surface area (Å²) in [6.07, 6.45) is 0. The van der Waals surface area contributed by atoms with E-state index in [0.717, 1.165) is 0 Å². The van der Waals surface area contributed by atoms with Crippen molar-refractivity contribution in [3.63, 3.8) is 0 Å². The van der Waals surface area contributed by atoms with Gasteiger partial charge in [-0.1, -0.05) is 0 Å². The fourth-order valence-corrected chi connectivity index (χ4v) is 1.10. The van der Waals surface area contributed by atoms with Gasteiger partial charge >= 0.3 is 11.9 Å². The second-order valence-corrected chi connectivity index (χ2v) is 7.82. The highest BCUT2D eigenvalue weighted by Crippen LogP contribution is 2.16. The fourth-order valence-electron chi connectivity index (χ4n) is 0.368. The van der Waals surface area contributed by atoms with Crippen LogP contribution < -0.4 is 0 Å². The Morgan fingerprint density at radius 1 is 1.36 bits per heavy atom. The lowest BCUT2D eigenvalue weighted by molar-refractivity contribution is -0.159. The Balaban J connectivity index is 4.11. The molecule has 0 saturated carbocycles. The van der Waals surface area contributed by atoms with Gasteiger partial charge in [0.05, 0.1) is 0 Å². The van der Waals surface area contributed by atoms with Crippen molar-refractivity contribution in [3.05, 3.63) is 0 Å². The van der Waals surface area contributed by atoms with Gasteiger partial charge in [0.1, 0.15) is 0 Å². The average molecular weight is 182 g/mol. The van der Waals surface area contributed by atoms with Crippen LogP contribution in [0.2, 0.25) is 19.6 Å². The molecule has 0 aliphatic rings. The Kier molecular flexibility index (Phi) is 2.77. The number of halogens is 2. The van der Waals surface area contributed by atoms with E-state index in [0.29, 0.717) is 6.92 Å². The smallest absolute Gasteiger partial charge is 0.363 e. The molecule has 2 nitrogen and oxygen atoms in total. The van der Waals surface area contributed by atoms with Crippen LogP contribution in [0.4, 0.5) is 8.78 Å². The van der Waals surface area contributed by atoms with Crippen LogP contribution in [-0.4, -0.2) is 20.2 Å². The van der Waals surface area contributed by atoms with Gasteiger partial charge in [0.2, 0.25) is 8.32 Å². The summed E-state index contributed by atoms with van der Waals surface area (Å²) in [7, 11) is -2.16. The zero-order valence-corrected chi connectivity index (χ0v) is 8.07. The van der Waals surface area contributed by atoms with E-state index < -0.39 is 20.2 Å². The van der Waals surface area contributed by atoms with Crippen molar-refractivity contribution in [3.8, 4) is 0 Å². The van der Waals surface area contributed by atoms with E-state index >= 15 is 0 Å². The molecule has 0 N–H and O–H groups in total. The fraction of sp³-hybridized carbons (Fsp3) is 0.833. The summed E-state index contributed by atoms with van der Waals surface area (Å²) in [5, 5.41) is 0. The lowest BCUT2D eigenvalue weighted by Crippen LogP contribution is -2.37. The molecule has 11 heavy (non-hydrogen) atoms. The quantitative estimate of drug-likeness (QED) is 0.611. The third-order valence-electron chi connectivity index (χ3n) is 0.757. The Labute approximate surface area is 65.7 Å². The van der Waals surface area contributed by atoms with Crippen LogP contribution in [0.1, 0.15) is 6.92 Å². The number of hydrogen-bond donors (Lipinski definition) is 0. The molecule has 0 unspecified atom stereocenters. The maximum absolute atomic E-state index is 12.2. The lowest BCUT2D eigenvalue weighted by Gasteiger charge is -2.19. The number of carbonyl (C=O) groups is 1. The minimum Gasteiger partial charge on any atom is -0.516 e. The lowest BCUT2D eigenvalue weighted by atomic mass is 10.4. The molecule has 0 radical (unpaired) electrons. The van der Waals surface area contributed by atoms with Crippen LogP contribution >= 0.6 is 0 Å². The molecule has 0 saturated heterocycles. The first-order valence-corrected chi connectivity index (χ1v) is 6.65. The average Bonchev–Trinajstić information content (AvgIpc) is 1.56. The van der Waals surface area contributed by atoms with Crippen molar-refractivity contribution >= 4 is 14.3 Å². The topological polar surface area (TPSA) is 26.3 Å². The first-order chi connectivity index (χ1) is 4.63. The molecular formula is C6H12F2O2Si. The van der Waals surface area contributed by atoms with Crippen molar-refractivity contribution in [2.45, 2.75) is 32.5 Å². The van der Waals surface area contributed by atoms with Gasteiger partial charge in [-0.3, -0.25) is 0 Å². The Morgan fingerprint density at radius 3 is 1.82 bits per heavy atom. The summed E-state index contributed by atoms with van der Waals surface area (Å²) in [4.78, 5) is 10.5. The van der Waals surface area contributed by atoms with Crippen LogP contribution in [0, 0.1) is 0 Å². The molecule has 0 spiro atoms. The minimum atomic E-state index is -3.36. The van der Waals surface area contributed by atoms with Crippen molar-refractivity contribution in [2.24, 2.45) is 0 Å². The second-order valence-electron chi connectivity index (χ2n) is 3.39. The van der Waals surface area contributed by atoms with Crippen LogP contribution in [0.3, 0.4) is 0 Å². The first-order valence-electron chi connectivity index (χ1n) is 3.24. The van der Waals surface area contributed by atoms with E-state index in [1.54, 1.807) is 19.6 Å². The maximum Gasteiger partial charge on any atom is 0.363 e. The van der Waals surface area contributed by atoms with E-state index in [4.69, 9.17) is 0 Å². The zero-order valence-electron chi connectivity index (χ0n) is 7.07. The zero-order chi connectivity index (χ0) is 9.28. The molecule has 0 aromatic rings. The molecule has 0 atom stereocenters. The molecule has 0 fully saturated rings. The van der Waals surface area contributed by atoms with Gasteiger partial charge in [-0.25, -0.2) is 4.79 Å². The van der Waals surface area contributed by atoms with E-state index in [1.807, 2.05) is 0 Å². The second kappa shape index (κ2) is 2.89. The summed E-state index contributed by atoms with van der Waals surface area (Å²) >= 11 is 0. The van der Waals surface area contributed by atoms with E-state index in [1.165, 1.54) is 0 Å². The molecule has 66 valence electrons. The normalized spacial score (nSPS) is 12.9. The molecule has 0 aromatic carbocycles. The first kappa shape index (κ1) is 10.5. The summed E-state index contributed by atoms with van der Waals surface area (Å²) in [5.41, 5.74) is 0. The van der Waals surface area contributed by atoms with E-state index in [-0.39, 0.29) is 0 Å². The van der Waals surface area contributed by atoms with Crippen LogP contribution in [0.25, 0.3) is 0 Å². The molecule has 0 rings (SSSR count). The third kappa shape index (κ3) is 4.89. The number of carbonyl (C=O) groups excluding carboxylic acids is 1. The molecule has 0 aromatic heterocycles. The van der Waals surface area contributed by atoms with Crippen molar-refractivity contribution in [1.29, 1.82) is 0 Å². The maximum atomic E-state index is 12.2.